The molecule has 5 heteroatoms. The molecule has 1 aromatic carbocycles. The van der Waals surface area contributed by atoms with Crippen LogP contribution in [0.3, 0.4) is 0 Å². The fourth-order valence-corrected chi connectivity index (χ4v) is 3.90. The van der Waals surface area contributed by atoms with Gasteiger partial charge in [0.2, 0.25) is 5.91 Å². The lowest BCUT2D eigenvalue weighted by molar-refractivity contribution is -0.116. The van der Waals surface area contributed by atoms with Gasteiger partial charge in [-0.25, -0.2) is 4.98 Å². The minimum Gasteiger partial charge on any atom is -0.320 e. The Hall–Kier alpha value is -1.72. The first-order valence-electron chi connectivity index (χ1n) is 8.21. The van der Waals surface area contributed by atoms with Crippen LogP contribution in [-0.4, -0.2) is 24.5 Å². The molecule has 1 aliphatic carbocycles. The van der Waals surface area contributed by atoms with Gasteiger partial charge < -0.3 is 10.6 Å². The smallest absolute Gasteiger partial charge is 0.226 e. The van der Waals surface area contributed by atoms with E-state index in [9.17, 15) is 4.79 Å². The second-order valence-electron chi connectivity index (χ2n) is 6.02. The van der Waals surface area contributed by atoms with Crippen LogP contribution < -0.4 is 10.6 Å². The number of aryl methyl sites for hydroxylation is 3. The Morgan fingerprint density at radius 2 is 2.13 bits per heavy atom. The molecule has 2 N–H and O–H groups in total. The summed E-state index contributed by atoms with van der Waals surface area (Å²) in [7, 11) is 1.89. The standard InChI is InChI=1S/C18H23N3OS/c1-12-17(15-9-8-13-5-3-6-14(13)11-15)21-18(23-12)20-16(22)7-4-10-19-2/h8-9,11,19H,3-7,10H2,1-2H3,(H,20,21,22). The number of hydrogen-bond acceptors (Lipinski definition) is 4. The third kappa shape index (κ3) is 3.79. The first-order chi connectivity index (χ1) is 11.2. The molecule has 3 rings (SSSR count). The van der Waals surface area contributed by atoms with Crippen LogP contribution in [0.4, 0.5) is 5.13 Å². The lowest BCUT2D eigenvalue weighted by atomic mass is 10.0. The van der Waals surface area contributed by atoms with Crippen LogP contribution in [0.1, 0.15) is 35.3 Å². The number of nitrogens with one attached hydrogen (secondary N) is 2. The maximum Gasteiger partial charge on any atom is 0.226 e. The number of anilines is 1. The average Bonchev–Trinajstić information content (AvgIpc) is 3.13. The van der Waals surface area contributed by atoms with E-state index in [0.29, 0.717) is 11.6 Å². The van der Waals surface area contributed by atoms with Gasteiger partial charge in [-0.05, 0) is 63.4 Å². The molecule has 1 amide bonds. The molecule has 1 heterocycles. The maximum atomic E-state index is 11.9. The Labute approximate surface area is 141 Å². The fourth-order valence-electron chi connectivity index (χ4n) is 3.04. The molecule has 0 saturated carbocycles. The summed E-state index contributed by atoms with van der Waals surface area (Å²) in [5.74, 6) is 0.0366. The zero-order chi connectivity index (χ0) is 16.2. The van der Waals surface area contributed by atoms with Crippen LogP contribution >= 0.6 is 11.3 Å². The summed E-state index contributed by atoms with van der Waals surface area (Å²) >= 11 is 1.55. The van der Waals surface area contributed by atoms with Crippen LogP contribution in [-0.2, 0) is 17.6 Å². The Morgan fingerprint density at radius 1 is 1.30 bits per heavy atom. The van der Waals surface area contributed by atoms with Crippen LogP contribution in [0.25, 0.3) is 11.3 Å². The monoisotopic (exact) mass is 329 g/mol. The van der Waals surface area contributed by atoms with Crippen LogP contribution in [0.15, 0.2) is 18.2 Å². The molecular formula is C18H23N3OS. The van der Waals surface area contributed by atoms with E-state index in [2.05, 4.69) is 40.7 Å². The summed E-state index contributed by atoms with van der Waals surface area (Å²) in [6.45, 7) is 2.92. The Balaban J connectivity index is 1.72. The van der Waals surface area contributed by atoms with Gasteiger partial charge in [0.15, 0.2) is 5.13 Å². The minimum atomic E-state index is 0.0366. The van der Waals surface area contributed by atoms with Crippen molar-refractivity contribution in [1.29, 1.82) is 0 Å². The first kappa shape index (κ1) is 16.1. The van der Waals surface area contributed by atoms with Gasteiger partial charge in [0, 0.05) is 16.9 Å². The largest absolute Gasteiger partial charge is 0.320 e. The molecule has 0 saturated heterocycles. The summed E-state index contributed by atoms with van der Waals surface area (Å²) < 4.78 is 0. The van der Waals surface area contributed by atoms with Crippen molar-refractivity contribution >= 4 is 22.4 Å². The molecule has 0 spiro atoms. The normalized spacial score (nSPS) is 13.1. The van der Waals surface area contributed by atoms with Gasteiger partial charge in [0.1, 0.15) is 0 Å². The van der Waals surface area contributed by atoms with E-state index in [-0.39, 0.29) is 5.91 Å². The van der Waals surface area contributed by atoms with Crippen LogP contribution in [0.2, 0.25) is 0 Å². The van der Waals surface area contributed by atoms with Gasteiger partial charge >= 0.3 is 0 Å². The molecule has 0 radical (unpaired) electrons. The molecule has 0 atom stereocenters. The number of aromatic nitrogens is 1. The number of fused-ring (bicyclic) bond motifs is 1. The highest BCUT2D eigenvalue weighted by Gasteiger charge is 2.15. The Bertz CT molecular complexity index is 708. The highest BCUT2D eigenvalue weighted by Crippen LogP contribution is 2.33. The van der Waals surface area contributed by atoms with E-state index in [4.69, 9.17) is 0 Å². The predicted octanol–water partition coefficient (Wildman–Crippen LogP) is 3.55. The summed E-state index contributed by atoms with van der Waals surface area (Å²) in [6, 6.07) is 6.65. The number of carbonyl (C=O) groups is 1. The quantitative estimate of drug-likeness (QED) is 0.797. The molecule has 1 aromatic heterocycles. The third-order valence-corrected chi connectivity index (χ3v) is 5.13. The Kier molecular flexibility index (Phi) is 5.08. The second-order valence-corrected chi connectivity index (χ2v) is 7.22. The molecule has 23 heavy (non-hydrogen) atoms. The van der Waals surface area contributed by atoms with Crippen molar-refractivity contribution in [2.75, 3.05) is 18.9 Å². The lowest BCUT2D eigenvalue weighted by Crippen LogP contribution is -2.15. The van der Waals surface area contributed by atoms with Crippen LogP contribution in [0.5, 0.6) is 0 Å². The minimum absolute atomic E-state index is 0.0366. The van der Waals surface area contributed by atoms with E-state index in [1.54, 1.807) is 11.3 Å². The molecule has 1 aliphatic rings. The summed E-state index contributed by atoms with van der Waals surface area (Å²) in [6.07, 6.45) is 4.97. The van der Waals surface area contributed by atoms with Crippen LogP contribution in [0, 0.1) is 6.92 Å². The van der Waals surface area contributed by atoms with Gasteiger partial charge in [0.05, 0.1) is 5.69 Å². The topological polar surface area (TPSA) is 54.0 Å². The number of benzene rings is 1. The second kappa shape index (κ2) is 7.23. The summed E-state index contributed by atoms with van der Waals surface area (Å²) in [5, 5.41) is 6.68. The van der Waals surface area contributed by atoms with E-state index >= 15 is 0 Å². The molecule has 122 valence electrons. The first-order valence-corrected chi connectivity index (χ1v) is 9.03. The van der Waals surface area contributed by atoms with Gasteiger partial charge in [0.25, 0.3) is 0 Å². The molecule has 0 unspecified atom stereocenters. The number of carbonyl (C=O) groups excluding carboxylic acids is 1. The molecule has 2 aromatic rings. The van der Waals surface area contributed by atoms with Gasteiger partial charge in [-0.2, -0.15) is 0 Å². The molecule has 4 nitrogen and oxygen atoms in total. The van der Waals surface area contributed by atoms with E-state index in [1.807, 2.05) is 7.05 Å². The number of amides is 1. The van der Waals surface area contributed by atoms with Crippen molar-refractivity contribution < 1.29 is 4.79 Å². The number of hydrogen-bond donors (Lipinski definition) is 2. The van der Waals surface area contributed by atoms with E-state index in [1.165, 1.54) is 30.4 Å². The van der Waals surface area contributed by atoms with Gasteiger partial charge in [-0.3, -0.25) is 4.79 Å². The highest BCUT2D eigenvalue weighted by molar-refractivity contribution is 7.16. The lowest BCUT2D eigenvalue weighted by Gasteiger charge is -2.03. The number of rotatable bonds is 6. The van der Waals surface area contributed by atoms with Crippen molar-refractivity contribution in [3.63, 3.8) is 0 Å². The average molecular weight is 329 g/mol. The summed E-state index contributed by atoms with van der Waals surface area (Å²) in [4.78, 5) is 17.7. The van der Waals surface area contributed by atoms with E-state index in [0.717, 1.165) is 29.1 Å². The third-order valence-electron chi connectivity index (χ3n) is 4.25. The fraction of sp³-hybridized carbons (Fsp3) is 0.444. The molecule has 0 aliphatic heterocycles. The van der Waals surface area contributed by atoms with Crippen molar-refractivity contribution in [1.82, 2.24) is 10.3 Å². The predicted molar refractivity (Wildman–Crippen MR) is 96.1 cm³/mol. The Morgan fingerprint density at radius 3 is 2.96 bits per heavy atom. The van der Waals surface area contributed by atoms with Gasteiger partial charge in [-0.1, -0.05) is 12.1 Å². The van der Waals surface area contributed by atoms with E-state index < -0.39 is 0 Å². The van der Waals surface area contributed by atoms with Crippen molar-refractivity contribution in [2.24, 2.45) is 0 Å². The SMILES string of the molecule is CNCCCC(=O)Nc1nc(-c2ccc3c(c2)CCC3)c(C)s1. The zero-order valence-corrected chi connectivity index (χ0v) is 14.6. The van der Waals surface area contributed by atoms with Crippen molar-refractivity contribution in [3.8, 4) is 11.3 Å². The molecular weight excluding hydrogens is 306 g/mol. The van der Waals surface area contributed by atoms with Crippen molar-refractivity contribution in [2.45, 2.75) is 39.0 Å². The van der Waals surface area contributed by atoms with Gasteiger partial charge in [-0.15, -0.1) is 11.3 Å². The maximum absolute atomic E-state index is 11.9. The zero-order valence-electron chi connectivity index (χ0n) is 13.7. The van der Waals surface area contributed by atoms with Crippen molar-refractivity contribution in [3.05, 3.63) is 34.2 Å². The number of nitrogens with zero attached hydrogens (tertiary/aromatic N) is 1. The number of thiazole rings is 1. The highest BCUT2D eigenvalue weighted by atomic mass is 32.1. The molecule has 0 bridgehead atoms. The summed E-state index contributed by atoms with van der Waals surface area (Å²) in [5.41, 5.74) is 5.08. The molecule has 0 fully saturated rings.